The van der Waals surface area contributed by atoms with Crippen molar-refractivity contribution in [3.63, 3.8) is 0 Å². The predicted molar refractivity (Wildman–Crippen MR) is 38.1 cm³/mol. The minimum absolute atomic E-state index is 0.103. The maximum atomic E-state index is 9.21. The normalized spacial score (nSPS) is 45.8. The van der Waals surface area contributed by atoms with Crippen LogP contribution in [0.4, 0.5) is 0 Å². The molecular weight excluding hydrogens is 148 g/mol. The minimum Gasteiger partial charge on any atom is -0.394 e. The van der Waals surface area contributed by atoms with Gasteiger partial charge in [0.25, 0.3) is 0 Å². The molecule has 0 saturated carbocycles. The van der Waals surface area contributed by atoms with Gasteiger partial charge in [0.15, 0.2) is 0 Å². The smallest absolute Gasteiger partial charge is 0.106 e. The SMILES string of the molecule is CC1O[C@H](CO)CC(O)C1O. The first kappa shape index (κ1) is 8.93. The van der Waals surface area contributed by atoms with Gasteiger partial charge in [-0.1, -0.05) is 0 Å². The van der Waals surface area contributed by atoms with Crippen molar-refractivity contribution in [1.29, 1.82) is 0 Å². The molecule has 0 amide bonds. The molecule has 4 heteroatoms. The zero-order valence-electron chi connectivity index (χ0n) is 6.47. The lowest BCUT2D eigenvalue weighted by Crippen LogP contribution is -2.47. The van der Waals surface area contributed by atoms with Crippen molar-refractivity contribution in [2.75, 3.05) is 6.61 Å². The number of hydrogen-bond donors (Lipinski definition) is 3. The van der Waals surface area contributed by atoms with Crippen LogP contribution in [0.3, 0.4) is 0 Å². The molecule has 0 aromatic heterocycles. The summed E-state index contributed by atoms with van der Waals surface area (Å²) in [6.07, 6.45) is -2.00. The molecule has 1 saturated heterocycles. The van der Waals surface area contributed by atoms with Crippen LogP contribution < -0.4 is 0 Å². The fourth-order valence-electron chi connectivity index (χ4n) is 1.28. The van der Waals surface area contributed by atoms with Crippen molar-refractivity contribution in [1.82, 2.24) is 0 Å². The maximum absolute atomic E-state index is 9.21. The molecule has 1 rings (SSSR count). The zero-order valence-corrected chi connectivity index (χ0v) is 6.47. The Hall–Kier alpha value is -0.160. The van der Waals surface area contributed by atoms with Gasteiger partial charge in [-0.25, -0.2) is 0 Å². The first-order chi connectivity index (χ1) is 5.15. The molecule has 0 bridgehead atoms. The highest BCUT2D eigenvalue weighted by atomic mass is 16.5. The Morgan fingerprint density at radius 1 is 1.45 bits per heavy atom. The van der Waals surface area contributed by atoms with Crippen LogP contribution >= 0.6 is 0 Å². The first-order valence-corrected chi connectivity index (χ1v) is 3.77. The first-order valence-electron chi connectivity index (χ1n) is 3.77. The average Bonchev–Trinajstić information content (AvgIpc) is 1.99. The maximum Gasteiger partial charge on any atom is 0.106 e. The third kappa shape index (κ3) is 1.90. The summed E-state index contributed by atoms with van der Waals surface area (Å²) >= 11 is 0. The molecule has 11 heavy (non-hydrogen) atoms. The van der Waals surface area contributed by atoms with Gasteiger partial charge < -0.3 is 20.1 Å². The summed E-state index contributed by atoms with van der Waals surface area (Å²) in [6.45, 7) is 1.57. The third-order valence-electron chi connectivity index (χ3n) is 1.99. The molecule has 0 radical (unpaired) electrons. The molecule has 0 aliphatic carbocycles. The lowest BCUT2D eigenvalue weighted by molar-refractivity contribution is -0.170. The van der Waals surface area contributed by atoms with E-state index < -0.39 is 18.3 Å². The fraction of sp³-hybridized carbons (Fsp3) is 1.00. The average molecular weight is 162 g/mol. The van der Waals surface area contributed by atoms with Crippen molar-refractivity contribution < 1.29 is 20.1 Å². The van der Waals surface area contributed by atoms with E-state index in [1.165, 1.54) is 0 Å². The Kier molecular flexibility index (Phi) is 2.84. The Morgan fingerprint density at radius 2 is 2.09 bits per heavy atom. The lowest BCUT2D eigenvalue weighted by atomic mass is 9.99. The highest BCUT2D eigenvalue weighted by molar-refractivity contribution is 4.82. The van der Waals surface area contributed by atoms with Gasteiger partial charge in [-0.15, -0.1) is 0 Å². The van der Waals surface area contributed by atoms with Crippen molar-refractivity contribution in [3.8, 4) is 0 Å². The molecule has 4 nitrogen and oxygen atoms in total. The number of ether oxygens (including phenoxy) is 1. The summed E-state index contributed by atoms with van der Waals surface area (Å²) < 4.78 is 5.16. The Bertz CT molecular complexity index is 116. The van der Waals surface area contributed by atoms with E-state index in [4.69, 9.17) is 9.84 Å². The molecule has 1 aliphatic rings. The molecule has 1 fully saturated rings. The van der Waals surface area contributed by atoms with Gasteiger partial charge in [0, 0.05) is 6.42 Å². The molecule has 66 valence electrons. The third-order valence-corrected chi connectivity index (χ3v) is 1.99. The molecule has 0 aromatic rings. The van der Waals surface area contributed by atoms with Crippen molar-refractivity contribution in [2.24, 2.45) is 0 Å². The van der Waals surface area contributed by atoms with Crippen LogP contribution in [0.2, 0.25) is 0 Å². The second-order valence-electron chi connectivity index (χ2n) is 2.94. The van der Waals surface area contributed by atoms with E-state index in [1.54, 1.807) is 6.92 Å². The monoisotopic (exact) mass is 162 g/mol. The van der Waals surface area contributed by atoms with Crippen molar-refractivity contribution in [3.05, 3.63) is 0 Å². The van der Waals surface area contributed by atoms with E-state index in [2.05, 4.69) is 0 Å². The molecule has 1 heterocycles. The van der Waals surface area contributed by atoms with Gasteiger partial charge in [0.2, 0.25) is 0 Å². The number of aliphatic hydroxyl groups excluding tert-OH is 3. The van der Waals surface area contributed by atoms with Gasteiger partial charge in [0.1, 0.15) is 6.10 Å². The highest BCUT2D eigenvalue weighted by Gasteiger charge is 2.33. The van der Waals surface area contributed by atoms with E-state index in [1.807, 2.05) is 0 Å². The van der Waals surface area contributed by atoms with E-state index in [0.29, 0.717) is 6.42 Å². The van der Waals surface area contributed by atoms with E-state index in [-0.39, 0.29) is 12.7 Å². The van der Waals surface area contributed by atoms with E-state index in [9.17, 15) is 10.2 Å². The number of aliphatic hydroxyl groups is 3. The highest BCUT2D eigenvalue weighted by Crippen LogP contribution is 2.19. The summed E-state index contributed by atoms with van der Waals surface area (Å²) in [5.74, 6) is 0. The second kappa shape index (κ2) is 3.49. The summed E-state index contributed by atoms with van der Waals surface area (Å²) in [7, 11) is 0. The molecule has 3 N–H and O–H groups in total. The molecule has 1 aliphatic heterocycles. The van der Waals surface area contributed by atoms with Crippen LogP contribution in [-0.4, -0.2) is 46.3 Å². The molecule has 4 atom stereocenters. The Balaban J connectivity index is 2.47. The minimum atomic E-state index is -0.821. The van der Waals surface area contributed by atoms with Gasteiger partial charge in [-0.2, -0.15) is 0 Å². The number of hydrogen-bond acceptors (Lipinski definition) is 4. The summed E-state index contributed by atoms with van der Waals surface area (Å²) in [5.41, 5.74) is 0. The summed E-state index contributed by atoms with van der Waals surface area (Å²) in [4.78, 5) is 0. The van der Waals surface area contributed by atoms with E-state index in [0.717, 1.165) is 0 Å². The number of rotatable bonds is 1. The van der Waals surface area contributed by atoms with Gasteiger partial charge in [-0.3, -0.25) is 0 Å². The van der Waals surface area contributed by atoms with Crippen LogP contribution in [0.25, 0.3) is 0 Å². The molecule has 3 unspecified atom stereocenters. The fourth-order valence-corrected chi connectivity index (χ4v) is 1.28. The summed E-state index contributed by atoms with van der Waals surface area (Å²) in [6, 6.07) is 0. The van der Waals surface area contributed by atoms with Crippen LogP contribution in [0.1, 0.15) is 13.3 Å². The van der Waals surface area contributed by atoms with Crippen molar-refractivity contribution >= 4 is 0 Å². The second-order valence-corrected chi connectivity index (χ2v) is 2.94. The van der Waals surface area contributed by atoms with E-state index >= 15 is 0 Å². The molecule has 0 aromatic carbocycles. The van der Waals surface area contributed by atoms with Crippen molar-refractivity contribution in [2.45, 2.75) is 37.8 Å². The molecular formula is C7H14O4. The van der Waals surface area contributed by atoms with Gasteiger partial charge >= 0.3 is 0 Å². The van der Waals surface area contributed by atoms with Crippen LogP contribution in [0, 0.1) is 0 Å². The lowest BCUT2D eigenvalue weighted by Gasteiger charge is -2.34. The van der Waals surface area contributed by atoms with Crippen LogP contribution in [0.5, 0.6) is 0 Å². The Morgan fingerprint density at radius 3 is 2.55 bits per heavy atom. The van der Waals surface area contributed by atoms with Gasteiger partial charge in [-0.05, 0) is 6.92 Å². The zero-order chi connectivity index (χ0) is 8.43. The largest absolute Gasteiger partial charge is 0.394 e. The standard InChI is InChI=1S/C7H14O4/c1-4-7(10)6(9)2-5(3-8)11-4/h4-10H,2-3H2,1H3/t4?,5-,6?,7?/m0/s1. The molecule has 0 spiro atoms. The summed E-state index contributed by atoms with van der Waals surface area (Å²) in [5, 5.41) is 27.1. The van der Waals surface area contributed by atoms with Crippen LogP contribution in [-0.2, 0) is 4.74 Å². The predicted octanol–water partition coefficient (Wildman–Crippen LogP) is -1.12. The Labute approximate surface area is 65.4 Å². The topological polar surface area (TPSA) is 69.9 Å². The van der Waals surface area contributed by atoms with Gasteiger partial charge in [0.05, 0.1) is 24.9 Å². The van der Waals surface area contributed by atoms with Crippen LogP contribution in [0.15, 0.2) is 0 Å². The quantitative estimate of drug-likeness (QED) is 0.456.